The molecule has 82 valence electrons. The van der Waals surface area contributed by atoms with Gasteiger partial charge in [0.05, 0.1) is 6.54 Å². The van der Waals surface area contributed by atoms with E-state index >= 15 is 0 Å². The van der Waals surface area contributed by atoms with Crippen LogP contribution in [0.4, 0.5) is 0 Å². The number of aryl methyl sites for hydroxylation is 1. The number of rotatable bonds is 3. The van der Waals surface area contributed by atoms with Crippen molar-refractivity contribution < 1.29 is 4.79 Å². The number of fused-ring (bicyclic) bond motifs is 1. The second kappa shape index (κ2) is 4.52. The van der Waals surface area contributed by atoms with Gasteiger partial charge in [0, 0.05) is 29.2 Å². The molecule has 0 bridgehead atoms. The third kappa shape index (κ3) is 2.01. The largest absolute Gasteiger partial charge is 0.350 e. The van der Waals surface area contributed by atoms with Gasteiger partial charge in [-0.05, 0) is 24.1 Å². The lowest BCUT2D eigenvalue weighted by Crippen LogP contribution is -1.87. The Labute approximate surface area is 98.4 Å². The van der Waals surface area contributed by atoms with Crippen LogP contribution in [0.5, 0.6) is 0 Å². The zero-order valence-electron chi connectivity index (χ0n) is 8.90. The molecule has 0 unspecified atom stereocenters. The summed E-state index contributed by atoms with van der Waals surface area (Å²) in [7, 11) is 1.98. The minimum atomic E-state index is 0.477. The van der Waals surface area contributed by atoms with Crippen LogP contribution in [0.15, 0.2) is 29.4 Å². The first-order chi connectivity index (χ1) is 7.72. The summed E-state index contributed by atoms with van der Waals surface area (Å²) < 4.78 is 2.03. The maximum absolute atomic E-state index is 9.99. The number of aliphatic imine (C=N–C) groups is 1. The number of carbonyl (C=O) groups excluding carboxylic acids is 1. The van der Waals surface area contributed by atoms with Crippen LogP contribution >= 0.6 is 11.6 Å². The van der Waals surface area contributed by atoms with Crippen molar-refractivity contribution in [2.24, 2.45) is 12.0 Å². The smallest absolute Gasteiger partial charge is 0.234 e. The van der Waals surface area contributed by atoms with E-state index in [1.165, 1.54) is 5.56 Å². The first-order valence-corrected chi connectivity index (χ1v) is 5.37. The number of halogens is 1. The quantitative estimate of drug-likeness (QED) is 0.594. The van der Waals surface area contributed by atoms with Crippen molar-refractivity contribution in [1.82, 2.24) is 4.57 Å². The van der Waals surface area contributed by atoms with Crippen molar-refractivity contribution in [3.63, 3.8) is 0 Å². The third-order valence-electron chi connectivity index (χ3n) is 2.59. The van der Waals surface area contributed by atoms with Gasteiger partial charge in [-0.2, -0.15) is 0 Å². The third-order valence-corrected chi connectivity index (χ3v) is 2.83. The number of hydrogen-bond acceptors (Lipinski definition) is 2. The van der Waals surface area contributed by atoms with E-state index in [2.05, 4.69) is 4.99 Å². The summed E-state index contributed by atoms with van der Waals surface area (Å²) >= 11 is 5.94. The molecule has 0 spiro atoms. The van der Waals surface area contributed by atoms with Crippen LogP contribution in [0.2, 0.25) is 5.02 Å². The lowest BCUT2D eigenvalue weighted by molar-refractivity contribution is 0.563. The average Bonchev–Trinajstić information content (AvgIpc) is 2.56. The van der Waals surface area contributed by atoms with E-state index in [1.54, 1.807) is 6.08 Å². The van der Waals surface area contributed by atoms with E-state index in [-0.39, 0.29) is 0 Å². The van der Waals surface area contributed by atoms with E-state index in [0.29, 0.717) is 6.54 Å². The number of nitrogens with zero attached hydrogens (tertiary/aromatic N) is 2. The molecular weight excluding hydrogens is 224 g/mol. The predicted octanol–water partition coefficient (Wildman–Crippen LogP) is 2.71. The summed E-state index contributed by atoms with van der Waals surface area (Å²) in [6, 6.07) is 5.80. The zero-order valence-corrected chi connectivity index (χ0v) is 9.66. The predicted molar refractivity (Wildman–Crippen MR) is 64.6 cm³/mol. The van der Waals surface area contributed by atoms with Gasteiger partial charge >= 0.3 is 0 Å². The van der Waals surface area contributed by atoms with E-state index < -0.39 is 0 Å². The highest BCUT2D eigenvalue weighted by Crippen LogP contribution is 2.24. The minimum Gasteiger partial charge on any atom is -0.350 e. The molecule has 1 aromatic carbocycles. The Morgan fingerprint density at radius 2 is 2.31 bits per heavy atom. The number of hydrogen-bond donors (Lipinski definition) is 0. The summed E-state index contributed by atoms with van der Waals surface area (Å²) in [6.07, 6.45) is 4.34. The van der Waals surface area contributed by atoms with E-state index in [0.717, 1.165) is 22.3 Å². The van der Waals surface area contributed by atoms with Crippen LogP contribution in [-0.2, 0) is 18.3 Å². The summed E-state index contributed by atoms with van der Waals surface area (Å²) in [5.74, 6) is 0. The Morgan fingerprint density at radius 1 is 1.50 bits per heavy atom. The molecule has 0 radical (unpaired) electrons. The molecule has 2 rings (SSSR count). The normalized spacial score (nSPS) is 10.4. The molecule has 0 amide bonds. The number of aromatic nitrogens is 1. The zero-order chi connectivity index (χ0) is 11.5. The maximum Gasteiger partial charge on any atom is 0.234 e. The number of isocyanates is 1. The summed E-state index contributed by atoms with van der Waals surface area (Å²) in [6.45, 7) is 0.477. The average molecular weight is 235 g/mol. The van der Waals surface area contributed by atoms with Gasteiger partial charge < -0.3 is 4.57 Å². The Balaban J connectivity index is 2.42. The lowest BCUT2D eigenvalue weighted by Gasteiger charge is -1.96. The van der Waals surface area contributed by atoms with Crippen molar-refractivity contribution in [3.05, 3.63) is 35.0 Å². The second-order valence-corrected chi connectivity index (χ2v) is 4.09. The molecule has 0 atom stereocenters. The maximum atomic E-state index is 9.99. The molecular formula is C12H11ClN2O. The standard InChI is InChI=1S/C12H11ClN2O/c1-15-7-9(4-5-14-8-16)11-3-2-10(13)6-12(11)15/h2-3,6-7H,4-5H2,1H3. The monoisotopic (exact) mass is 234 g/mol. The van der Waals surface area contributed by atoms with Crippen molar-refractivity contribution in [3.8, 4) is 0 Å². The fourth-order valence-electron chi connectivity index (χ4n) is 1.86. The first-order valence-electron chi connectivity index (χ1n) is 4.99. The van der Waals surface area contributed by atoms with Crippen LogP contribution in [0, 0.1) is 0 Å². The summed E-state index contributed by atoms with van der Waals surface area (Å²) in [4.78, 5) is 13.6. The van der Waals surface area contributed by atoms with E-state index in [4.69, 9.17) is 11.6 Å². The van der Waals surface area contributed by atoms with E-state index in [1.807, 2.05) is 36.0 Å². The molecule has 3 nitrogen and oxygen atoms in total. The highest BCUT2D eigenvalue weighted by molar-refractivity contribution is 6.31. The van der Waals surface area contributed by atoms with Crippen LogP contribution in [-0.4, -0.2) is 17.2 Å². The SMILES string of the molecule is Cn1cc(CCN=C=O)c2ccc(Cl)cc21. The number of benzene rings is 1. The van der Waals surface area contributed by atoms with Crippen molar-refractivity contribution in [1.29, 1.82) is 0 Å². The fraction of sp³-hybridized carbons (Fsp3) is 0.250. The molecule has 0 N–H and O–H groups in total. The van der Waals surface area contributed by atoms with Crippen molar-refractivity contribution in [2.75, 3.05) is 6.54 Å². The topological polar surface area (TPSA) is 34.4 Å². The van der Waals surface area contributed by atoms with Crippen LogP contribution < -0.4 is 0 Å². The second-order valence-electron chi connectivity index (χ2n) is 3.65. The van der Waals surface area contributed by atoms with Gasteiger partial charge in [0.15, 0.2) is 0 Å². The van der Waals surface area contributed by atoms with Gasteiger partial charge in [0.25, 0.3) is 0 Å². The fourth-order valence-corrected chi connectivity index (χ4v) is 2.03. The van der Waals surface area contributed by atoms with Gasteiger partial charge in [-0.3, -0.25) is 0 Å². The van der Waals surface area contributed by atoms with Gasteiger partial charge in [-0.15, -0.1) is 0 Å². The molecule has 0 saturated carbocycles. The molecule has 0 saturated heterocycles. The lowest BCUT2D eigenvalue weighted by atomic mass is 10.1. The van der Waals surface area contributed by atoms with Gasteiger partial charge in [-0.1, -0.05) is 17.7 Å². The summed E-state index contributed by atoms with van der Waals surface area (Å²) in [5, 5.41) is 1.89. The molecule has 4 heteroatoms. The molecule has 0 fully saturated rings. The van der Waals surface area contributed by atoms with Crippen molar-refractivity contribution >= 4 is 28.6 Å². The highest BCUT2D eigenvalue weighted by Gasteiger charge is 2.06. The van der Waals surface area contributed by atoms with Gasteiger partial charge in [0.1, 0.15) is 0 Å². The van der Waals surface area contributed by atoms with Gasteiger partial charge in [-0.25, -0.2) is 9.79 Å². The van der Waals surface area contributed by atoms with Crippen molar-refractivity contribution in [2.45, 2.75) is 6.42 Å². The molecule has 1 heterocycles. The highest BCUT2D eigenvalue weighted by atomic mass is 35.5. The molecule has 1 aromatic heterocycles. The molecule has 0 aliphatic rings. The summed E-state index contributed by atoms with van der Waals surface area (Å²) in [5.41, 5.74) is 2.27. The first kappa shape index (κ1) is 10.9. The Bertz CT molecular complexity index is 568. The molecule has 0 aliphatic carbocycles. The Kier molecular flexibility index (Phi) is 3.09. The van der Waals surface area contributed by atoms with Crippen LogP contribution in [0.3, 0.4) is 0 Å². The minimum absolute atomic E-state index is 0.477. The Hall–Kier alpha value is -1.57. The van der Waals surface area contributed by atoms with Crippen LogP contribution in [0.25, 0.3) is 10.9 Å². The van der Waals surface area contributed by atoms with Crippen LogP contribution in [0.1, 0.15) is 5.56 Å². The molecule has 16 heavy (non-hydrogen) atoms. The van der Waals surface area contributed by atoms with E-state index in [9.17, 15) is 4.79 Å². The molecule has 0 aliphatic heterocycles. The van der Waals surface area contributed by atoms with Gasteiger partial charge in [0.2, 0.25) is 6.08 Å². The Morgan fingerprint density at radius 3 is 3.06 bits per heavy atom. The molecule has 2 aromatic rings.